The Bertz CT molecular complexity index is 302. The van der Waals surface area contributed by atoms with Gasteiger partial charge in [-0.2, -0.15) is 0 Å². The number of pyridine rings is 1. The summed E-state index contributed by atoms with van der Waals surface area (Å²) in [5.74, 6) is 0. The maximum Gasteiger partial charge on any atom is 0.0757 e. The van der Waals surface area contributed by atoms with Crippen molar-refractivity contribution in [3.8, 4) is 0 Å². The maximum absolute atomic E-state index is 5.98. The van der Waals surface area contributed by atoms with Gasteiger partial charge >= 0.3 is 0 Å². The third kappa shape index (κ3) is 3.12. The summed E-state index contributed by atoms with van der Waals surface area (Å²) in [5, 5.41) is 1.10. The molecule has 0 radical (unpaired) electrons. The summed E-state index contributed by atoms with van der Waals surface area (Å²) in [4.78, 5) is 4.14. The molecule has 14 heavy (non-hydrogen) atoms. The van der Waals surface area contributed by atoms with Crippen LogP contribution < -0.4 is 5.73 Å². The predicted octanol–water partition coefficient (Wildman–Crippen LogP) is 3.58. The first-order valence-electron chi connectivity index (χ1n) is 4.71. The topological polar surface area (TPSA) is 38.9 Å². The van der Waals surface area contributed by atoms with Gasteiger partial charge in [-0.1, -0.05) is 43.0 Å². The highest BCUT2D eigenvalue weighted by atomic mass is 35.5. The van der Waals surface area contributed by atoms with E-state index in [9.17, 15) is 0 Å². The van der Waals surface area contributed by atoms with Gasteiger partial charge < -0.3 is 5.73 Å². The molecule has 0 amide bonds. The molecule has 1 atom stereocenters. The highest BCUT2D eigenvalue weighted by molar-refractivity contribution is 6.34. The minimum atomic E-state index is -0.0836. The lowest BCUT2D eigenvalue weighted by Crippen LogP contribution is -2.12. The van der Waals surface area contributed by atoms with Gasteiger partial charge in [0.1, 0.15) is 0 Å². The normalized spacial score (nSPS) is 12.9. The number of hydrogen-bond acceptors (Lipinski definition) is 2. The molecular formula is C10H14Cl2N2. The molecule has 0 aliphatic heterocycles. The average molecular weight is 233 g/mol. The number of unbranched alkanes of at least 4 members (excludes halogenated alkanes) is 1. The number of aromatic nitrogens is 1. The van der Waals surface area contributed by atoms with E-state index in [2.05, 4.69) is 11.9 Å². The van der Waals surface area contributed by atoms with Gasteiger partial charge in [0.15, 0.2) is 0 Å². The summed E-state index contributed by atoms with van der Waals surface area (Å²) < 4.78 is 0. The van der Waals surface area contributed by atoms with Crippen LogP contribution in [0.3, 0.4) is 0 Å². The van der Waals surface area contributed by atoms with Gasteiger partial charge in [0.2, 0.25) is 0 Å². The molecule has 0 unspecified atom stereocenters. The fourth-order valence-corrected chi connectivity index (χ4v) is 1.78. The molecule has 1 rings (SSSR count). The van der Waals surface area contributed by atoms with Crippen molar-refractivity contribution in [3.63, 3.8) is 0 Å². The molecule has 78 valence electrons. The van der Waals surface area contributed by atoms with E-state index >= 15 is 0 Å². The summed E-state index contributed by atoms with van der Waals surface area (Å²) in [6.07, 6.45) is 4.69. The van der Waals surface area contributed by atoms with Gasteiger partial charge in [-0.25, -0.2) is 0 Å². The highest BCUT2D eigenvalue weighted by Gasteiger charge is 2.11. The zero-order chi connectivity index (χ0) is 10.6. The first-order chi connectivity index (χ1) is 6.65. The second-order valence-corrected chi connectivity index (χ2v) is 4.11. The minimum Gasteiger partial charge on any atom is -0.323 e. The van der Waals surface area contributed by atoms with E-state index in [1.54, 1.807) is 12.3 Å². The minimum absolute atomic E-state index is 0.0836. The standard InChI is InChI=1S/C10H14Cl2N2/c1-2-3-4-9(13)10-8(12)5-7(11)6-14-10/h5-6,9H,2-4,13H2,1H3/t9-/m1/s1. The van der Waals surface area contributed by atoms with Crippen LogP contribution in [0.2, 0.25) is 10.0 Å². The largest absolute Gasteiger partial charge is 0.323 e. The molecule has 0 aliphatic carbocycles. The Balaban J connectivity index is 2.74. The second kappa shape index (κ2) is 5.54. The molecule has 1 aromatic heterocycles. The molecule has 1 heterocycles. The van der Waals surface area contributed by atoms with Crippen LogP contribution in [0.1, 0.15) is 37.9 Å². The first-order valence-corrected chi connectivity index (χ1v) is 5.47. The van der Waals surface area contributed by atoms with Gasteiger partial charge in [-0.3, -0.25) is 4.98 Å². The van der Waals surface area contributed by atoms with Crippen molar-refractivity contribution in [3.05, 3.63) is 28.0 Å². The molecule has 0 fully saturated rings. The van der Waals surface area contributed by atoms with E-state index in [4.69, 9.17) is 28.9 Å². The van der Waals surface area contributed by atoms with Crippen molar-refractivity contribution >= 4 is 23.2 Å². The Labute approximate surface area is 94.4 Å². The molecule has 0 aliphatic rings. The van der Waals surface area contributed by atoms with E-state index in [1.807, 2.05) is 0 Å². The molecule has 0 bridgehead atoms. The van der Waals surface area contributed by atoms with Gasteiger partial charge in [0.25, 0.3) is 0 Å². The molecule has 4 heteroatoms. The van der Waals surface area contributed by atoms with Gasteiger partial charge in [0, 0.05) is 12.2 Å². The van der Waals surface area contributed by atoms with Crippen LogP contribution in [-0.2, 0) is 0 Å². The maximum atomic E-state index is 5.98. The number of rotatable bonds is 4. The average Bonchev–Trinajstić information content (AvgIpc) is 2.14. The third-order valence-corrected chi connectivity index (χ3v) is 2.57. The Morgan fingerprint density at radius 2 is 2.21 bits per heavy atom. The van der Waals surface area contributed by atoms with Crippen LogP contribution in [0.5, 0.6) is 0 Å². The lowest BCUT2D eigenvalue weighted by atomic mass is 10.1. The Morgan fingerprint density at radius 3 is 2.79 bits per heavy atom. The number of nitrogens with zero attached hydrogens (tertiary/aromatic N) is 1. The van der Waals surface area contributed by atoms with Crippen molar-refractivity contribution in [2.45, 2.75) is 32.2 Å². The van der Waals surface area contributed by atoms with E-state index in [-0.39, 0.29) is 6.04 Å². The fourth-order valence-electron chi connectivity index (χ4n) is 1.26. The Morgan fingerprint density at radius 1 is 1.50 bits per heavy atom. The van der Waals surface area contributed by atoms with E-state index < -0.39 is 0 Å². The monoisotopic (exact) mass is 232 g/mol. The lowest BCUT2D eigenvalue weighted by Gasteiger charge is -2.11. The highest BCUT2D eigenvalue weighted by Crippen LogP contribution is 2.25. The molecule has 0 spiro atoms. The van der Waals surface area contributed by atoms with E-state index in [1.165, 1.54) is 0 Å². The third-order valence-electron chi connectivity index (χ3n) is 2.06. The molecule has 2 N–H and O–H groups in total. The van der Waals surface area contributed by atoms with Crippen LogP contribution in [0.4, 0.5) is 0 Å². The summed E-state index contributed by atoms with van der Waals surface area (Å²) in [7, 11) is 0. The summed E-state index contributed by atoms with van der Waals surface area (Å²) in [5.41, 5.74) is 6.68. The molecular weight excluding hydrogens is 219 g/mol. The predicted molar refractivity (Wildman–Crippen MR) is 60.7 cm³/mol. The van der Waals surface area contributed by atoms with Crippen LogP contribution in [0.25, 0.3) is 0 Å². The van der Waals surface area contributed by atoms with Crippen molar-refractivity contribution in [1.82, 2.24) is 4.98 Å². The lowest BCUT2D eigenvalue weighted by molar-refractivity contribution is 0.591. The quantitative estimate of drug-likeness (QED) is 0.863. The smallest absolute Gasteiger partial charge is 0.0757 e. The summed E-state index contributed by atoms with van der Waals surface area (Å²) in [6.45, 7) is 2.13. The summed E-state index contributed by atoms with van der Waals surface area (Å²) in [6, 6.07) is 1.59. The molecule has 1 aromatic rings. The Hall–Kier alpha value is -0.310. The summed E-state index contributed by atoms with van der Waals surface area (Å²) >= 11 is 11.7. The number of nitrogens with two attached hydrogens (primary N) is 1. The molecule has 0 saturated carbocycles. The van der Waals surface area contributed by atoms with Crippen molar-refractivity contribution in [1.29, 1.82) is 0 Å². The number of hydrogen-bond donors (Lipinski definition) is 1. The fraction of sp³-hybridized carbons (Fsp3) is 0.500. The van der Waals surface area contributed by atoms with Crippen molar-refractivity contribution < 1.29 is 0 Å². The molecule has 2 nitrogen and oxygen atoms in total. The molecule has 0 aromatic carbocycles. The van der Waals surface area contributed by atoms with Crippen LogP contribution >= 0.6 is 23.2 Å². The van der Waals surface area contributed by atoms with E-state index in [0.29, 0.717) is 10.0 Å². The Kier molecular flexibility index (Phi) is 4.66. The van der Waals surface area contributed by atoms with Crippen LogP contribution in [-0.4, -0.2) is 4.98 Å². The first kappa shape index (κ1) is 11.8. The molecule has 0 saturated heterocycles. The van der Waals surface area contributed by atoms with Gasteiger partial charge in [0.05, 0.1) is 15.7 Å². The number of halogens is 2. The van der Waals surface area contributed by atoms with Crippen LogP contribution in [0, 0.1) is 0 Å². The van der Waals surface area contributed by atoms with E-state index in [0.717, 1.165) is 25.0 Å². The van der Waals surface area contributed by atoms with Crippen LogP contribution in [0.15, 0.2) is 12.3 Å². The van der Waals surface area contributed by atoms with Crippen molar-refractivity contribution in [2.24, 2.45) is 5.73 Å². The zero-order valence-corrected chi connectivity index (χ0v) is 9.65. The van der Waals surface area contributed by atoms with Gasteiger partial charge in [-0.05, 0) is 12.5 Å². The zero-order valence-electron chi connectivity index (χ0n) is 8.13. The SMILES string of the molecule is CCCC[C@@H](N)c1ncc(Cl)cc1Cl. The van der Waals surface area contributed by atoms with Gasteiger partial charge in [-0.15, -0.1) is 0 Å². The van der Waals surface area contributed by atoms with Crippen molar-refractivity contribution in [2.75, 3.05) is 0 Å². The second-order valence-electron chi connectivity index (χ2n) is 3.27.